The van der Waals surface area contributed by atoms with Crippen LogP contribution in [0.1, 0.15) is 44.2 Å². The summed E-state index contributed by atoms with van der Waals surface area (Å²) in [6.45, 7) is 6.11. The van der Waals surface area contributed by atoms with Crippen molar-refractivity contribution in [2.75, 3.05) is 5.32 Å². The fraction of sp³-hybridized carbons (Fsp3) is 0.333. The first kappa shape index (κ1) is 21.0. The molecule has 1 saturated heterocycles. The Morgan fingerprint density at radius 1 is 1.13 bits per heavy atom. The van der Waals surface area contributed by atoms with E-state index in [1.54, 1.807) is 18.2 Å². The normalized spacial score (nSPS) is 26.0. The summed E-state index contributed by atoms with van der Waals surface area (Å²) in [4.78, 5) is 26.7. The molecule has 2 aliphatic rings. The summed E-state index contributed by atoms with van der Waals surface area (Å²) < 4.78 is 0. The summed E-state index contributed by atoms with van der Waals surface area (Å²) in [5.74, 6) is -0.425. The van der Waals surface area contributed by atoms with Crippen LogP contribution in [0.25, 0.3) is 0 Å². The van der Waals surface area contributed by atoms with Crippen LogP contribution in [0.4, 0.5) is 5.69 Å². The molecule has 2 aromatic carbocycles. The van der Waals surface area contributed by atoms with E-state index in [2.05, 4.69) is 24.5 Å². The highest BCUT2D eigenvalue weighted by Gasteiger charge is 2.61. The van der Waals surface area contributed by atoms with Crippen LogP contribution < -0.4 is 10.6 Å². The van der Waals surface area contributed by atoms with Gasteiger partial charge in [0.05, 0.1) is 6.04 Å². The fourth-order valence-electron chi connectivity index (χ4n) is 5.13. The van der Waals surface area contributed by atoms with Crippen molar-refractivity contribution >= 4 is 40.7 Å². The number of piperidine rings is 1. The minimum atomic E-state index is -0.995. The van der Waals surface area contributed by atoms with Gasteiger partial charge in [-0.25, -0.2) is 0 Å². The molecule has 2 aromatic rings. The largest absolute Gasteiger partial charge is 0.348 e. The monoisotopic (exact) mass is 442 g/mol. The van der Waals surface area contributed by atoms with Crippen LogP contribution in [-0.4, -0.2) is 17.9 Å². The van der Waals surface area contributed by atoms with Crippen molar-refractivity contribution in [2.24, 2.45) is 5.92 Å². The van der Waals surface area contributed by atoms with Gasteiger partial charge in [0.25, 0.3) is 0 Å². The van der Waals surface area contributed by atoms with Crippen LogP contribution in [0.3, 0.4) is 0 Å². The molecule has 0 aromatic heterocycles. The predicted molar refractivity (Wildman–Crippen MR) is 121 cm³/mol. The van der Waals surface area contributed by atoms with Gasteiger partial charge in [0.1, 0.15) is 5.41 Å². The van der Waals surface area contributed by atoms with E-state index < -0.39 is 11.5 Å². The Morgan fingerprint density at radius 2 is 1.87 bits per heavy atom. The SMILES string of the molecule is CC=C(C(C)C)[C@@H]1NC(=O)C[C@H](c2cccc(Cl)c2)[C@@]12C(=O)Nc1cc(Cl)ccc12. The van der Waals surface area contributed by atoms with Gasteiger partial charge >= 0.3 is 0 Å². The van der Waals surface area contributed by atoms with Gasteiger partial charge in [0, 0.05) is 28.1 Å². The third kappa shape index (κ3) is 3.14. The Balaban J connectivity index is 2.03. The van der Waals surface area contributed by atoms with Gasteiger partial charge in [-0.05, 0) is 53.8 Å². The first-order valence-electron chi connectivity index (χ1n) is 10.1. The molecule has 2 amide bonds. The molecule has 2 N–H and O–H groups in total. The smallest absolute Gasteiger partial charge is 0.238 e. The maximum absolute atomic E-state index is 13.8. The molecule has 156 valence electrons. The van der Waals surface area contributed by atoms with Crippen LogP contribution in [0.2, 0.25) is 10.0 Å². The van der Waals surface area contributed by atoms with Crippen LogP contribution in [0, 0.1) is 5.92 Å². The average Bonchev–Trinajstić information content (AvgIpc) is 2.96. The second kappa shape index (κ2) is 7.75. The molecular formula is C24H24Cl2N2O2. The highest BCUT2D eigenvalue weighted by atomic mass is 35.5. The fourth-order valence-corrected chi connectivity index (χ4v) is 5.50. The van der Waals surface area contributed by atoms with Gasteiger partial charge in [-0.1, -0.05) is 61.3 Å². The first-order valence-corrected chi connectivity index (χ1v) is 10.9. The van der Waals surface area contributed by atoms with Crippen LogP contribution >= 0.6 is 23.2 Å². The van der Waals surface area contributed by atoms with Gasteiger partial charge in [-0.3, -0.25) is 9.59 Å². The van der Waals surface area contributed by atoms with Crippen molar-refractivity contribution in [3.05, 3.63) is 75.3 Å². The third-order valence-electron chi connectivity index (χ3n) is 6.34. The molecule has 0 saturated carbocycles. The Kier molecular flexibility index (Phi) is 5.41. The lowest BCUT2D eigenvalue weighted by Crippen LogP contribution is -2.63. The molecule has 1 fully saturated rings. The number of amides is 2. The molecule has 2 heterocycles. The molecule has 1 spiro atoms. The van der Waals surface area contributed by atoms with Crippen molar-refractivity contribution in [1.82, 2.24) is 5.32 Å². The minimum Gasteiger partial charge on any atom is -0.348 e. The summed E-state index contributed by atoms with van der Waals surface area (Å²) in [6.07, 6.45) is 2.21. The molecule has 0 aliphatic carbocycles. The number of fused-ring (bicyclic) bond motifs is 2. The number of anilines is 1. The summed E-state index contributed by atoms with van der Waals surface area (Å²) in [5, 5.41) is 7.32. The van der Waals surface area contributed by atoms with Gasteiger partial charge in [-0.15, -0.1) is 0 Å². The highest BCUT2D eigenvalue weighted by molar-refractivity contribution is 6.31. The molecule has 3 atom stereocenters. The zero-order chi connectivity index (χ0) is 21.6. The predicted octanol–water partition coefficient (Wildman–Crippen LogP) is 5.46. The Bertz CT molecular complexity index is 1060. The zero-order valence-electron chi connectivity index (χ0n) is 17.1. The Morgan fingerprint density at radius 3 is 2.53 bits per heavy atom. The number of rotatable bonds is 3. The first-order chi connectivity index (χ1) is 14.3. The average molecular weight is 443 g/mol. The lowest BCUT2D eigenvalue weighted by Gasteiger charge is -2.48. The van der Waals surface area contributed by atoms with E-state index in [0.29, 0.717) is 15.7 Å². The van der Waals surface area contributed by atoms with Crippen molar-refractivity contribution in [3.63, 3.8) is 0 Å². The van der Waals surface area contributed by atoms with E-state index in [0.717, 1.165) is 16.7 Å². The van der Waals surface area contributed by atoms with Crippen molar-refractivity contribution in [2.45, 2.75) is 44.6 Å². The van der Waals surface area contributed by atoms with Crippen LogP contribution in [0.15, 0.2) is 54.1 Å². The topological polar surface area (TPSA) is 58.2 Å². The number of nitrogens with one attached hydrogen (secondary N) is 2. The number of hydrogen-bond donors (Lipinski definition) is 2. The van der Waals surface area contributed by atoms with E-state index in [9.17, 15) is 9.59 Å². The number of hydrogen-bond acceptors (Lipinski definition) is 2. The number of halogens is 2. The molecule has 2 aliphatic heterocycles. The Labute approximate surface area is 186 Å². The molecule has 4 nitrogen and oxygen atoms in total. The minimum absolute atomic E-state index is 0.0779. The van der Waals surface area contributed by atoms with E-state index in [-0.39, 0.29) is 30.1 Å². The summed E-state index contributed by atoms with van der Waals surface area (Å²) >= 11 is 12.5. The molecule has 30 heavy (non-hydrogen) atoms. The number of carbonyl (C=O) groups is 2. The maximum atomic E-state index is 13.8. The lowest BCUT2D eigenvalue weighted by atomic mass is 9.58. The maximum Gasteiger partial charge on any atom is 0.238 e. The number of allylic oxidation sites excluding steroid dienone is 1. The number of carbonyl (C=O) groups excluding carboxylic acids is 2. The van der Waals surface area contributed by atoms with E-state index >= 15 is 0 Å². The molecule has 0 unspecified atom stereocenters. The van der Waals surface area contributed by atoms with Crippen LogP contribution in [-0.2, 0) is 15.0 Å². The summed E-state index contributed by atoms with van der Waals surface area (Å²) in [6, 6.07) is 12.5. The van der Waals surface area contributed by atoms with E-state index in [4.69, 9.17) is 23.2 Å². The van der Waals surface area contributed by atoms with Gasteiger partial charge in [0.15, 0.2) is 0 Å². The van der Waals surface area contributed by atoms with Gasteiger partial charge in [-0.2, -0.15) is 0 Å². The standard InChI is InChI=1S/C24H24Cl2N2O2/c1-4-17(13(2)3)22-24(18-9-8-16(26)11-20(18)27-23(24)30)19(12-21(29)28-22)14-6-5-7-15(25)10-14/h4-11,13,19,22H,12H2,1-3H3,(H,27,30)(H,28,29)/t19-,22+,24-/m1/s1. The molecule has 4 rings (SSSR count). The second-order valence-corrected chi connectivity index (χ2v) is 9.14. The van der Waals surface area contributed by atoms with E-state index in [1.165, 1.54) is 0 Å². The molecule has 6 heteroatoms. The Hall–Kier alpha value is -2.30. The van der Waals surface area contributed by atoms with Gasteiger partial charge in [0.2, 0.25) is 11.8 Å². The highest BCUT2D eigenvalue weighted by Crippen LogP contribution is 2.55. The zero-order valence-corrected chi connectivity index (χ0v) is 18.6. The summed E-state index contributed by atoms with van der Waals surface area (Å²) in [5.41, 5.74) is 2.45. The molecule has 0 radical (unpaired) electrons. The molecule has 0 bridgehead atoms. The van der Waals surface area contributed by atoms with Crippen LogP contribution in [0.5, 0.6) is 0 Å². The van der Waals surface area contributed by atoms with E-state index in [1.807, 2.05) is 37.3 Å². The number of benzene rings is 2. The molecular weight excluding hydrogens is 419 g/mol. The summed E-state index contributed by atoms with van der Waals surface area (Å²) in [7, 11) is 0. The van der Waals surface area contributed by atoms with Crippen molar-refractivity contribution < 1.29 is 9.59 Å². The van der Waals surface area contributed by atoms with Gasteiger partial charge < -0.3 is 10.6 Å². The van der Waals surface area contributed by atoms with Crippen molar-refractivity contribution in [3.8, 4) is 0 Å². The van der Waals surface area contributed by atoms with Crippen molar-refractivity contribution in [1.29, 1.82) is 0 Å². The third-order valence-corrected chi connectivity index (χ3v) is 6.81. The lowest BCUT2D eigenvalue weighted by molar-refractivity contribution is -0.130. The quantitative estimate of drug-likeness (QED) is 0.620. The second-order valence-electron chi connectivity index (χ2n) is 8.27.